The van der Waals surface area contributed by atoms with E-state index in [0.717, 1.165) is 39.2 Å². The minimum Gasteiger partial charge on any atom is -0.320 e. The predicted molar refractivity (Wildman–Crippen MR) is 118 cm³/mol. The first-order valence-corrected chi connectivity index (χ1v) is 9.67. The minimum absolute atomic E-state index is 0.279. The number of pyridine rings is 1. The summed E-state index contributed by atoms with van der Waals surface area (Å²) in [5.41, 5.74) is 7.23. The Hall–Kier alpha value is -4.06. The van der Waals surface area contributed by atoms with Gasteiger partial charge in [0.25, 0.3) is 5.91 Å². The van der Waals surface area contributed by atoms with E-state index in [2.05, 4.69) is 15.3 Å². The van der Waals surface area contributed by atoms with Crippen molar-refractivity contribution in [3.05, 3.63) is 90.0 Å². The highest BCUT2D eigenvalue weighted by atomic mass is 16.1. The molecule has 0 atom stereocenters. The van der Waals surface area contributed by atoms with Crippen LogP contribution in [0.25, 0.3) is 27.9 Å². The maximum atomic E-state index is 12.8. The van der Waals surface area contributed by atoms with E-state index in [1.807, 2.05) is 85.2 Å². The number of anilines is 1. The van der Waals surface area contributed by atoms with E-state index in [1.54, 1.807) is 0 Å². The van der Waals surface area contributed by atoms with Gasteiger partial charge in [0, 0.05) is 23.6 Å². The molecule has 1 amide bonds. The molecule has 0 spiro atoms. The maximum absolute atomic E-state index is 12.8. The molecule has 0 unspecified atom stereocenters. The molecule has 5 rings (SSSR count). The highest BCUT2D eigenvalue weighted by Gasteiger charge is 2.13. The number of para-hydroxylation sites is 2. The number of nitrogens with zero attached hydrogens (tertiary/aromatic N) is 4. The Morgan fingerprint density at radius 2 is 1.77 bits per heavy atom. The van der Waals surface area contributed by atoms with Crippen LogP contribution in [-0.2, 0) is 0 Å². The molecule has 5 aromatic rings. The van der Waals surface area contributed by atoms with Crippen molar-refractivity contribution in [2.24, 2.45) is 0 Å². The summed E-state index contributed by atoms with van der Waals surface area (Å²) in [5, 5.41) is 2.97. The molecule has 0 aliphatic rings. The third-order valence-corrected chi connectivity index (χ3v) is 5.14. The lowest BCUT2D eigenvalue weighted by molar-refractivity contribution is 0.102. The largest absolute Gasteiger partial charge is 0.320 e. The highest BCUT2D eigenvalue weighted by Crippen LogP contribution is 2.26. The molecule has 0 saturated heterocycles. The number of aryl methyl sites for hydroxylation is 2. The van der Waals surface area contributed by atoms with Crippen molar-refractivity contribution < 1.29 is 4.79 Å². The van der Waals surface area contributed by atoms with E-state index >= 15 is 0 Å². The van der Waals surface area contributed by atoms with Gasteiger partial charge >= 0.3 is 0 Å². The molecule has 0 fully saturated rings. The number of rotatable bonds is 3. The van der Waals surface area contributed by atoms with Crippen molar-refractivity contribution >= 4 is 28.3 Å². The van der Waals surface area contributed by atoms with Crippen LogP contribution in [0.4, 0.5) is 5.69 Å². The van der Waals surface area contributed by atoms with Crippen LogP contribution in [-0.4, -0.2) is 25.3 Å². The smallest absolute Gasteiger partial charge is 0.275 e. The van der Waals surface area contributed by atoms with Crippen molar-refractivity contribution in [3.63, 3.8) is 0 Å². The number of hydrogen-bond acceptors (Lipinski definition) is 4. The normalized spacial score (nSPS) is 11.1. The van der Waals surface area contributed by atoms with Gasteiger partial charge in [-0.15, -0.1) is 0 Å². The van der Waals surface area contributed by atoms with Crippen molar-refractivity contribution in [1.29, 1.82) is 0 Å². The number of nitrogens with one attached hydrogen (secondary N) is 1. The average molecular weight is 393 g/mol. The second kappa shape index (κ2) is 7.08. The van der Waals surface area contributed by atoms with Crippen LogP contribution >= 0.6 is 0 Å². The summed E-state index contributed by atoms with van der Waals surface area (Å²) < 4.78 is 2.01. The van der Waals surface area contributed by atoms with Gasteiger partial charge < -0.3 is 9.72 Å². The first-order valence-electron chi connectivity index (χ1n) is 9.67. The molecular formula is C24H19N5O. The summed E-state index contributed by atoms with van der Waals surface area (Å²) in [5.74, 6) is -0.292. The zero-order chi connectivity index (χ0) is 20.7. The van der Waals surface area contributed by atoms with Crippen molar-refractivity contribution in [3.8, 4) is 11.3 Å². The molecule has 3 heterocycles. The third kappa shape index (κ3) is 3.18. The molecule has 0 saturated carbocycles. The Labute approximate surface area is 173 Å². The van der Waals surface area contributed by atoms with Gasteiger partial charge in [0.2, 0.25) is 0 Å². The molecule has 6 heteroatoms. The number of carbonyl (C=O) groups is 1. The first kappa shape index (κ1) is 18.0. The fraction of sp³-hybridized carbons (Fsp3) is 0.0833. The van der Waals surface area contributed by atoms with E-state index in [9.17, 15) is 4.79 Å². The SMILES string of the molecule is Cc1ccc(-c2cn3cccc(C)c3n2)cc1NC(=O)c1cnc2ccccc2n1. The summed E-state index contributed by atoms with van der Waals surface area (Å²) in [6.07, 6.45) is 5.48. The van der Waals surface area contributed by atoms with Crippen molar-refractivity contribution in [2.45, 2.75) is 13.8 Å². The van der Waals surface area contributed by atoms with Gasteiger partial charge in [-0.25, -0.2) is 9.97 Å². The highest BCUT2D eigenvalue weighted by molar-refractivity contribution is 6.04. The summed E-state index contributed by atoms with van der Waals surface area (Å²) in [7, 11) is 0. The average Bonchev–Trinajstić information content (AvgIpc) is 3.20. The number of imidazole rings is 1. The van der Waals surface area contributed by atoms with Crippen LogP contribution in [0.15, 0.2) is 73.2 Å². The number of amides is 1. The van der Waals surface area contributed by atoms with E-state index in [1.165, 1.54) is 6.20 Å². The molecule has 1 N–H and O–H groups in total. The van der Waals surface area contributed by atoms with Gasteiger partial charge in [0.15, 0.2) is 0 Å². The molecule has 0 aliphatic carbocycles. The standard InChI is InChI=1S/C24H19N5O/c1-15-9-10-17(22-14-29-11-5-6-16(2)23(29)27-22)12-20(15)28-24(30)21-13-25-18-7-3-4-8-19(18)26-21/h3-14H,1-2H3,(H,28,30). The van der Waals surface area contributed by atoms with Crippen molar-refractivity contribution in [2.75, 3.05) is 5.32 Å². The molecule has 6 nitrogen and oxygen atoms in total. The third-order valence-electron chi connectivity index (χ3n) is 5.14. The van der Waals surface area contributed by atoms with Gasteiger partial charge in [-0.1, -0.05) is 30.3 Å². The second-order valence-electron chi connectivity index (χ2n) is 7.28. The first-order chi connectivity index (χ1) is 14.6. The Bertz CT molecular complexity index is 1420. The summed E-state index contributed by atoms with van der Waals surface area (Å²) in [6, 6.07) is 17.5. The predicted octanol–water partition coefficient (Wildman–Crippen LogP) is 4.81. The molecule has 3 aromatic heterocycles. The zero-order valence-electron chi connectivity index (χ0n) is 16.6. The fourth-order valence-electron chi connectivity index (χ4n) is 3.46. The lowest BCUT2D eigenvalue weighted by atomic mass is 10.1. The monoisotopic (exact) mass is 393 g/mol. The number of hydrogen-bond donors (Lipinski definition) is 1. The molecular weight excluding hydrogens is 374 g/mol. The van der Waals surface area contributed by atoms with E-state index < -0.39 is 0 Å². The van der Waals surface area contributed by atoms with Crippen LogP contribution in [0.5, 0.6) is 0 Å². The van der Waals surface area contributed by atoms with Crippen LogP contribution in [0.1, 0.15) is 21.6 Å². The van der Waals surface area contributed by atoms with E-state index in [4.69, 9.17) is 4.98 Å². The molecule has 0 aliphatic heterocycles. The van der Waals surface area contributed by atoms with E-state index in [-0.39, 0.29) is 11.6 Å². The van der Waals surface area contributed by atoms with Crippen LogP contribution in [0.2, 0.25) is 0 Å². The fourth-order valence-corrected chi connectivity index (χ4v) is 3.46. The quantitative estimate of drug-likeness (QED) is 0.477. The van der Waals surface area contributed by atoms with E-state index in [0.29, 0.717) is 5.52 Å². The van der Waals surface area contributed by atoms with Crippen LogP contribution < -0.4 is 5.32 Å². The Morgan fingerprint density at radius 3 is 2.60 bits per heavy atom. The zero-order valence-corrected chi connectivity index (χ0v) is 16.6. The van der Waals surface area contributed by atoms with Gasteiger partial charge in [-0.2, -0.15) is 0 Å². The molecule has 0 radical (unpaired) electrons. The number of carbonyl (C=O) groups excluding carboxylic acids is 1. The lowest BCUT2D eigenvalue weighted by Gasteiger charge is -2.10. The Morgan fingerprint density at radius 1 is 0.933 bits per heavy atom. The maximum Gasteiger partial charge on any atom is 0.275 e. The van der Waals surface area contributed by atoms with Crippen molar-refractivity contribution in [1.82, 2.24) is 19.4 Å². The minimum atomic E-state index is -0.292. The van der Waals surface area contributed by atoms with Crippen LogP contribution in [0.3, 0.4) is 0 Å². The number of fused-ring (bicyclic) bond motifs is 2. The molecule has 0 bridgehead atoms. The summed E-state index contributed by atoms with van der Waals surface area (Å²) in [4.78, 5) is 26.3. The Balaban J connectivity index is 1.48. The second-order valence-corrected chi connectivity index (χ2v) is 7.28. The lowest BCUT2D eigenvalue weighted by Crippen LogP contribution is -2.15. The van der Waals surface area contributed by atoms with Gasteiger partial charge in [0.05, 0.1) is 22.9 Å². The summed E-state index contributed by atoms with van der Waals surface area (Å²) >= 11 is 0. The van der Waals surface area contributed by atoms with Gasteiger partial charge in [-0.3, -0.25) is 9.78 Å². The number of aromatic nitrogens is 4. The van der Waals surface area contributed by atoms with Crippen LogP contribution in [0, 0.1) is 13.8 Å². The molecule has 146 valence electrons. The Kier molecular flexibility index (Phi) is 4.25. The molecule has 30 heavy (non-hydrogen) atoms. The topological polar surface area (TPSA) is 72.2 Å². The summed E-state index contributed by atoms with van der Waals surface area (Å²) in [6.45, 7) is 4.00. The number of benzene rings is 2. The molecule has 2 aromatic carbocycles. The van der Waals surface area contributed by atoms with Gasteiger partial charge in [0.1, 0.15) is 11.3 Å². The van der Waals surface area contributed by atoms with Gasteiger partial charge in [-0.05, 0) is 49.2 Å².